The molecule has 0 aromatic heterocycles. The standard InChI is InChI=1S/C13H28N2O2/c1-10(2)6-7-11(3)14-13(17)9-15(5)8-12(4)16/h10-12,16H,6-9H2,1-5H3,(H,14,17). The summed E-state index contributed by atoms with van der Waals surface area (Å²) in [5.74, 6) is 0.705. The van der Waals surface area contributed by atoms with Crippen molar-refractivity contribution in [1.29, 1.82) is 0 Å². The largest absolute Gasteiger partial charge is 0.392 e. The number of amides is 1. The molecule has 0 aliphatic carbocycles. The van der Waals surface area contributed by atoms with Crippen LogP contribution in [0.25, 0.3) is 0 Å². The van der Waals surface area contributed by atoms with E-state index in [4.69, 9.17) is 0 Å². The van der Waals surface area contributed by atoms with Crippen LogP contribution in [0.4, 0.5) is 0 Å². The van der Waals surface area contributed by atoms with Crippen molar-refractivity contribution >= 4 is 5.91 Å². The molecule has 0 saturated carbocycles. The highest BCUT2D eigenvalue weighted by atomic mass is 16.3. The minimum atomic E-state index is -0.397. The topological polar surface area (TPSA) is 52.6 Å². The Morgan fingerprint density at radius 1 is 1.24 bits per heavy atom. The molecule has 0 bridgehead atoms. The van der Waals surface area contributed by atoms with Crippen molar-refractivity contribution in [2.45, 2.75) is 52.7 Å². The number of aliphatic hydroxyl groups excluding tert-OH is 1. The molecule has 1 amide bonds. The molecule has 2 unspecified atom stereocenters. The Labute approximate surface area is 105 Å². The van der Waals surface area contributed by atoms with Crippen molar-refractivity contribution in [2.75, 3.05) is 20.1 Å². The van der Waals surface area contributed by atoms with Gasteiger partial charge < -0.3 is 10.4 Å². The van der Waals surface area contributed by atoms with E-state index >= 15 is 0 Å². The van der Waals surface area contributed by atoms with Crippen molar-refractivity contribution in [2.24, 2.45) is 5.92 Å². The number of hydrogen-bond donors (Lipinski definition) is 2. The summed E-state index contributed by atoms with van der Waals surface area (Å²) in [4.78, 5) is 13.5. The monoisotopic (exact) mass is 244 g/mol. The van der Waals surface area contributed by atoms with E-state index in [-0.39, 0.29) is 11.9 Å². The fourth-order valence-corrected chi connectivity index (χ4v) is 1.74. The molecular weight excluding hydrogens is 216 g/mol. The van der Waals surface area contributed by atoms with Crippen molar-refractivity contribution in [1.82, 2.24) is 10.2 Å². The zero-order chi connectivity index (χ0) is 13.4. The summed E-state index contributed by atoms with van der Waals surface area (Å²) in [6.07, 6.45) is 1.75. The molecule has 4 nitrogen and oxygen atoms in total. The number of rotatable bonds is 8. The van der Waals surface area contributed by atoms with Gasteiger partial charge in [-0.1, -0.05) is 13.8 Å². The van der Waals surface area contributed by atoms with Crippen LogP contribution >= 0.6 is 0 Å². The van der Waals surface area contributed by atoms with E-state index in [2.05, 4.69) is 19.2 Å². The van der Waals surface area contributed by atoms with Crippen LogP contribution in [-0.2, 0) is 4.79 Å². The SMILES string of the molecule is CC(C)CCC(C)NC(=O)CN(C)CC(C)O. The Morgan fingerprint density at radius 3 is 2.29 bits per heavy atom. The summed E-state index contributed by atoms with van der Waals surface area (Å²) in [6.45, 7) is 9.00. The smallest absolute Gasteiger partial charge is 0.234 e. The Hall–Kier alpha value is -0.610. The summed E-state index contributed by atoms with van der Waals surface area (Å²) in [7, 11) is 1.84. The summed E-state index contributed by atoms with van der Waals surface area (Å²) >= 11 is 0. The van der Waals surface area contributed by atoms with Crippen LogP contribution in [0.2, 0.25) is 0 Å². The third-order valence-corrected chi connectivity index (χ3v) is 2.57. The molecule has 4 heteroatoms. The number of carbonyl (C=O) groups excluding carboxylic acids is 1. The third-order valence-electron chi connectivity index (χ3n) is 2.57. The molecule has 102 valence electrons. The van der Waals surface area contributed by atoms with E-state index in [9.17, 15) is 9.90 Å². The van der Waals surface area contributed by atoms with Gasteiger partial charge in [0.1, 0.15) is 0 Å². The lowest BCUT2D eigenvalue weighted by atomic mass is 10.0. The van der Waals surface area contributed by atoms with Crippen molar-refractivity contribution in [3.05, 3.63) is 0 Å². The second kappa shape index (κ2) is 8.48. The first kappa shape index (κ1) is 16.4. The van der Waals surface area contributed by atoms with Gasteiger partial charge in [0, 0.05) is 12.6 Å². The highest BCUT2D eigenvalue weighted by molar-refractivity contribution is 5.78. The summed E-state index contributed by atoms with van der Waals surface area (Å²) in [5.41, 5.74) is 0. The molecular formula is C13H28N2O2. The van der Waals surface area contributed by atoms with Crippen LogP contribution < -0.4 is 5.32 Å². The Kier molecular flexibility index (Phi) is 8.17. The molecule has 17 heavy (non-hydrogen) atoms. The van der Waals surface area contributed by atoms with Gasteiger partial charge in [0.2, 0.25) is 5.91 Å². The molecule has 0 aliphatic heterocycles. The van der Waals surface area contributed by atoms with E-state index in [1.807, 2.05) is 18.9 Å². The normalized spacial score (nSPS) is 15.1. The van der Waals surface area contributed by atoms with Crippen LogP contribution in [0.3, 0.4) is 0 Å². The molecule has 0 aromatic carbocycles. The average Bonchev–Trinajstić information content (AvgIpc) is 2.12. The van der Waals surface area contributed by atoms with E-state index in [1.54, 1.807) is 6.92 Å². The Morgan fingerprint density at radius 2 is 1.82 bits per heavy atom. The molecule has 0 spiro atoms. The lowest BCUT2D eigenvalue weighted by Gasteiger charge is -2.20. The molecule has 0 rings (SSSR count). The van der Waals surface area contributed by atoms with Gasteiger partial charge in [0.05, 0.1) is 12.6 Å². The van der Waals surface area contributed by atoms with E-state index < -0.39 is 6.10 Å². The number of aliphatic hydroxyl groups is 1. The first-order chi connectivity index (χ1) is 7.81. The average molecular weight is 244 g/mol. The Balaban J connectivity index is 3.77. The number of nitrogens with one attached hydrogen (secondary N) is 1. The van der Waals surface area contributed by atoms with Gasteiger partial charge in [-0.15, -0.1) is 0 Å². The zero-order valence-electron chi connectivity index (χ0n) is 11.9. The maximum Gasteiger partial charge on any atom is 0.234 e. The lowest BCUT2D eigenvalue weighted by Crippen LogP contribution is -2.41. The Bertz CT molecular complexity index is 217. The maximum absolute atomic E-state index is 11.7. The second-order valence-electron chi connectivity index (χ2n) is 5.49. The van der Waals surface area contributed by atoms with E-state index in [0.29, 0.717) is 19.0 Å². The van der Waals surface area contributed by atoms with Crippen molar-refractivity contribution < 1.29 is 9.90 Å². The number of likely N-dealkylation sites (N-methyl/N-ethyl adjacent to an activating group) is 1. The minimum Gasteiger partial charge on any atom is -0.392 e. The number of hydrogen-bond acceptors (Lipinski definition) is 3. The first-order valence-corrected chi connectivity index (χ1v) is 6.47. The molecule has 0 fully saturated rings. The van der Waals surface area contributed by atoms with Crippen LogP contribution in [0.15, 0.2) is 0 Å². The van der Waals surface area contributed by atoms with Crippen LogP contribution in [0.5, 0.6) is 0 Å². The molecule has 0 saturated heterocycles. The summed E-state index contributed by atoms with van der Waals surface area (Å²) in [6, 6.07) is 0.227. The lowest BCUT2D eigenvalue weighted by molar-refractivity contribution is -0.122. The van der Waals surface area contributed by atoms with Crippen molar-refractivity contribution in [3.63, 3.8) is 0 Å². The van der Waals surface area contributed by atoms with Gasteiger partial charge in [-0.3, -0.25) is 9.69 Å². The third kappa shape index (κ3) is 10.3. The quantitative estimate of drug-likeness (QED) is 0.675. The molecule has 0 aliphatic rings. The van der Waals surface area contributed by atoms with E-state index in [1.165, 1.54) is 0 Å². The van der Waals surface area contributed by atoms with Crippen LogP contribution in [0.1, 0.15) is 40.5 Å². The highest BCUT2D eigenvalue weighted by Crippen LogP contribution is 2.06. The predicted octanol–water partition coefficient (Wildman–Crippen LogP) is 1.24. The first-order valence-electron chi connectivity index (χ1n) is 6.47. The fraction of sp³-hybridized carbons (Fsp3) is 0.923. The molecule has 0 aromatic rings. The number of nitrogens with zero attached hydrogens (tertiary/aromatic N) is 1. The van der Waals surface area contributed by atoms with Crippen molar-refractivity contribution in [3.8, 4) is 0 Å². The van der Waals surface area contributed by atoms with Gasteiger partial charge in [-0.2, -0.15) is 0 Å². The molecule has 0 radical (unpaired) electrons. The summed E-state index contributed by atoms with van der Waals surface area (Å²) < 4.78 is 0. The van der Waals surface area contributed by atoms with Gasteiger partial charge >= 0.3 is 0 Å². The van der Waals surface area contributed by atoms with Gasteiger partial charge in [-0.05, 0) is 39.7 Å². The zero-order valence-corrected chi connectivity index (χ0v) is 11.9. The highest BCUT2D eigenvalue weighted by Gasteiger charge is 2.11. The minimum absolute atomic E-state index is 0.0319. The maximum atomic E-state index is 11.7. The fourth-order valence-electron chi connectivity index (χ4n) is 1.74. The molecule has 0 heterocycles. The second-order valence-corrected chi connectivity index (χ2v) is 5.49. The molecule has 2 atom stereocenters. The predicted molar refractivity (Wildman–Crippen MR) is 70.9 cm³/mol. The van der Waals surface area contributed by atoms with Gasteiger partial charge in [0.15, 0.2) is 0 Å². The number of carbonyl (C=O) groups is 1. The van der Waals surface area contributed by atoms with Crippen LogP contribution in [0, 0.1) is 5.92 Å². The molecule has 2 N–H and O–H groups in total. The van der Waals surface area contributed by atoms with E-state index in [0.717, 1.165) is 12.8 Å². The van der Waals surface area contributed by atoms with Gasteiger partial charge in [0.25, 0.3) is 0 Å². The van der Waals surface area contributed by atoms with Gasteiger partial charge in [-0.25, -0.2) is 0 Å². The van der Waals surface area contributed by atoms with Crippen LogP contribution in [-0.4, -0.2) is 48.2 Å². The summed E-state index contributed by atoms with van der Waals surface area (Å²) in [5, 5.41) is 12.2.